The summed E-state index contributed by atoms with van der Waals surface area (Å²) in [4.78, 5) is 10.8. The molecule has 0 heterocycles. The van der Waals surface area contributed by atoms with E-state index in [0.717, 1.165) is 18.6 Å². The molecule has 0 saturated carbocycles. The van der Waals surface area contributed by atoms with Gasteiger partial charge in [0.1, 0.15) is 12.4 Å². The van der Waals surface area contributed by atoms with Crippen LogP contribution in [0.5, 0.6) is 5.75 Å². The Labute approximate surface area is 140 Å². The Bertz CT molecular complexity index is 536. The monoisotopic (exact) mass is 320 g/mol. The number of ether oxygens (including phenoxy) is 1. The number of rotatable bonds is 8. The van der Waals surface area contributed by atoms with E-state index in [-0.39, 0.29) is 10.8 Å². The molecule has 1 aromatic carbocycles. The number of nitrogens with one attached hydrogen (secondary N) is 1. The average molecular weight is 320 g/mol. The van der Waals surface area contributed by atoms with E-state index in [4.69, 9.17) is 10.5 Å². The first kappa shape index (κ1) is 19.3. The van der Waals surface area contributed by atoms with Crippen molar-refractivity contribution in [3.05, 3.63) is 29.3 Å². The van der Waals surface area contributed by atoms with Gasteiger partial charge in [-0.3, -0.25) is 0 Å². The molecule has 130 valence electrons. The van der Waals surface area contributed by atoms with Crippen LogP contribution in [-0.4, -0.2) is 19.2 Å². The van der Waals surface area contributed by atoms with Gasteiger partial charge < -0.3 is 15.8 Å². The van der Waals surface area contributed by atoms with Crippen molar-refractivity contribution in [1.82, 2.24) is 5.32 Å². The van der Waals surface area contributed by atoms with Crippen LogP contribution in [0.1, 0.15) is 65.5 Å². The molecule has 0 aliphatic carbocycles. The minimum Gasteiger partial charge on any atom is -0.491 e. The minimum absolute atomic E-state index is 0.0430. The first-order valence-corrected chi connectivity index (χ1v) is 8.45. The molecule has 0 bridgehead atoms. The second-order valence-electron chi connectivity index (χ2n) is 7.33. The maximum absolute atomic E-state index is 10.8. The molecule has 1 rings (SSSR count). The van der Waals surface area contributed by atoms with Crippen molar-refractivity contribution in [3.8, 4) is 5.75 Å². The fourth-order valence-corrected chi connectivity index (χ4v) is 2.35. The standard InChI is InChI=1S/C19H32N2O2/c1-7-18(3,4)14-9-10-15(19(5,6)8-2)16(13-14)23-12-11-21-17(20)22/h9-10,13H,7-8,11-12H2,1-6H3,(H3,20,21,22). The number of primary amides is 1. The number of carbonyl (C=O) groups excluding carboxylic acids is 1. The fraction of sp³-hybridized carbons (Fsp3) is 0.632. The van der Waals surface area contributed by atoms with E-state index >= 15 is 0 Å². The van der Waals surface area contributed by atoms with Crippen molar-refractivity contribution in [2.24, 2.45) is 5.73 Å². The van der Waals surface area contributed by atoms with Gasteiger partial charge in [0.25, 0.3) is 0 Å². The lowest BCUT2D eigenvalue weighted by Gasteiger charge is -2.29. The Morgan fingerprint density at radius 1 is 1.13 bits per heavy atom. The van der Waals surface area contributed by atoms with Crippen molar-refractivity contribution in [1.29, 1.82) is 0 Å². The third kappa shape index (κ3) is 5.15. The lowest BCUT2D eigenvalue weighted by Crippen LogP contribution is -2.33. The van der Waals surface area contributed by atoms with Gasteiger partial charge in [-0.05, 0) is 40.9 Å². The Balaban J connectivity index is 3.09. The first-order valence-electron chi connectivity index (χ1n) is 8.45. The van der Waals surface area contributed by atoms with E-state index in [1.807, 2.05) is 0 Å². The molecule has 0 unspecified atom stereocenters. The van der Waals surface area contributed by atoms with E-state index in [2.05, 4.69) is 65.1 Å². The van der Waals surface area contributed by atoms with Crippen molar-refractivity contribution < 1.29 is 9.53 Å². The second-order valence-corrected chi connectivity index (χ2v) is 7.33. The van der Waals surface area contributed by atoms with Crippen LogP contribution in [-0.2, 0) is 10.8 Å². The SMILES string of the molecule is CCC(C)(C)c1ccc(C(C)(C)CC)c(OCCNC(N)=O)c1. The summed E-state index contributed by atoms with van der Waals surface area (Å²) in [6, 6.07) is 6.03. The number of hydrogen-bond donors (Lipinski definition) is 2. The quantitative estimate of drug-likeness (QED) is 0.708. The molecule has 0 fully saturated rings. The van der Waals surface area contributed by atoms with Crippen LogP contribution < -0.4 is 15.8 Å². The van der Waals surface area contributed by atoms with Crippen LogP contribution in [0.2, 0.25) is 0 Å². The van der Waals surface area contributed by atoms with Crippen molar-refractivity contribution in [2.45, 2.75) is 65.2 Å². The molecule has 0 radical (unpaired) electrons. The van der Waals surface area contributed by atoms with Gasteiger partial charge in [0.15, 0.2) is 0 Å². The molecule has 4 heteroatoms. The van der Waals surface area contributed by atoms with Gasteiger partial charge in [0, 0.05) is 0 Å². The van der Waals surface area contributed by atoms with Gasteiger partial charge in [-0.25, -0.2) is 4.79 Å². The smallest absolute Gasteiger partial charge is 0.312 e. The summed E-state index contributed by atoms with van der Waals surface area (Å²) >= 11 is 0. The fourth-order valence-electron chi connectivity index (χ4n) is 2.35. The number of carbonyl (C=O) groups is 1. The van der Waals surface area contributed by atoms with Gasteiger partial charge in [-0.15, -0.1) is 0 Å². The topological polar surface area (TPSA) is 64.3 Å². The van der Waals surface area contributed by atoms with Gasteiger partial charge >= 0.3 is 6.03 Å². The molecule has 3 N–H and O–H groups in total. The van der Waals surface area contributed by atoms with Crippen LogP contribution in [0.15, 0.2) is 18.2 Å². The predicted octanol–water partition coefficient (Wildman–Crippen LogP) is 4.11. The molecule has 0 aliphatic heterocycles. The van der Waals surface area contributed by atoms with Gasteiger partial charge in [0.2, 0.25) is 0 Å². The molecule has 0 aliphatic rings. The van der Waals surface area contributed by atoms with Crippen LogP contribution >= 0.6 is 0 Å². The molecule has 0 saturated heterocycles. The van der Waals surface area contributed by atoms with Gasteiger partial charge in [-0.2, -0.15) is 0 Å². The lowest BCUT2D eigenvalue weighted by atomic mass is 9.77. The van der Waals surface area contributed by atoms with Gasteiger partial charge in [-0.1, -0.05) is 53.7 Å². The van der Waals surface area contributed by atoms with Crippen molar-refractivity contribution in [2.75, 3.05) is 13.2 Å². The third-order valence-electron chi connectivity index (χ3n) is 4.92. The highest BCUT2D eigenvalue weighted by molar-refractivity contribution is 5.71. The molecular weight excluding hydrogens is 288 g/mol. The highest BCUT2D eigenvalue weighted by Crippen LogP contribution is 2.38. The number of amides is 2. The molecule has 0 spiro atoms. The summed E-state index contributed by atoms with van der Waals surface area (Å²) in [6.45, 7) is 14.1. The molecule has 2 amide bonds. The summed E-state index contributed by atoms with van der Waals surface area (Å²) in [5, 5.41) is 2.56. The van der Waals surface area contributed by atoms with Crippen LogP contribution in [0.3, 0.4) is 0 Å². The second kappa shape index (κ2) is 7.71. The Morgan fingerprint density at radius 2 is 1.74 bits per heavy atom. The predicted molar refractivity (Wildman–Crippen MR) is 96.2 cm³/mol. The van der Waals surface area contributed by atoms with Crippen LogP contribution in [0.25, 0.3) is 0 Å². The van der Waals surface area contributed by atoms with Crippen LogP contribution in [0.4, 0.5) is 4.79 Å². The highest BCUT2D eigenvalue weighted by Gasteiger charge is 2.25. The van der Waals surface area contributed by atoms with Gasteiger partial charge in [0.05, 0.1) is 6.54 Å². The Kier molecular flexibility index (Phi) is 6.48. The molecule has 0 aromatic heterocycles. The molecular formula is C19H32N2O2. The Morgan fingerprint density at radius 3 is 2.26 bits per heavy atom. The summed E-state index contributed by atoms with van der Waals surface area (Å²) in [5.74, 6) is 0.905. The normalized spacial score (nSPS) is 12.1. The Hall–Kier alpha value is -1.71. The minimum atomic E-state index is -0.524. The summed E-state index contributed by atoms with van der Waals surface area (Å²) in [5.41, 5.74) is 7.71. The average Bonchev–Trinajstić information content (AvgIpc) is 2.51. The van der Waals surface area contributed by atoms with E-state index in [0.29, 0.717) is 13.2 Å². The summed E-state index contributed by atoms with van der Waals surface area (Å²) in [6.07, 6.45) is 2.09. The van der Waals surface area contributed by atoms with Crippen molar-refractivity contribution >= 4 is 6.03 Å². The number of nitrogens with two attached hydrogens (primary N) is 1. The highest BCUT2D eigenvalue weighted by atomic mass is 16.5. The van der Waals surface area contributed by atoms with E-state index in [1.54, 1.807) is 0 Å². The van der Waals surface area contributed by atoms with Crippen LogP contribution in [0, 0.1) is 0 Å². The lowest BCUT2D eigenvalue weighted by molar-refractivity contribution is 0.243. The largest absolute Gasteiger partial charge is 0.491 e. The molecule has 23 heavy (non-hydrogen) atoms. The summed E-state index contributed by atoms with van der Waals surface area (Å²) < 4.78 is 5.99. The third-order valence-corrected chi connectivity index (χ3v) is 4.92. The maximum atomic E-state index is 10.8. The molecule has 4 nitrogen and oxygen atoms in total. The maximum Gasteiger partial charge on any atom is 0.312 e. The van der Waals surface area contributed by atoms with Crippen molar-refractivity contribution in [3.63, 3.8) is 0 Å². The zero-order valence-electron chi connectivity index (χ0n) is 15.5. The molecule has 1 aromatic rings. The molecule has 0 atom stereocenters. The zero-order valence-corrected chi connectivity index (χ0v) is 15.5. The zero-order chi connectivity index (χ0) is 17.7. The number of hydrogen-bond acceptors (Lipinski definition) is 2. The van der Waals surface area contributed by atoms with E-state index in [9.17, 15) is 4.79 Å². The first-order chi connectivity index (χ1) is 10.6. The number of urea groups is 1. The van der Waals surface area contributed by atoms with E-state index in [1.165, 1.54) is 11.1 Å². The van der Waals surface area contributed by atoms with E-state index < -0.39 is 6.03 Å². The summed E-state index contributed by atoms with van der Waals surface area (Å²) in [7, 11) is 0. The number of benzene rings is 1.